The molecule has 0 unspecified atom stereocenters. The number of nitriles is 1. The summed E-state index contributed by atoms with van der Waals surface area (Å²) in [6, 6.07) is 14.1. The molecule has 0 fully saturated rings. The summed E-state index contributed by atoms with van der Waals surface area (Å²) in [4.78, 5) is 15.1. The molecular formula is C27H31N3O. The van der Waals surface area contributed by atoms with Gasteiger partial charge < -0.3 is 10.2 Å². The zero-order valence-corrected chi connectivity index (χ0v) is 19.3. The molecule has 0 aromatic heterocycles. The molecule has 4 nitrogen and oxygen atoms in total. The minimum absolute atomic E-state index is 0.0475. The van der Waals surface area contributed by atoms with E-state index < -0.39 is 5.91 Å². The van der Waals surface area contributed by atoms with Crippen LogP contribution in [0.1, 0.15) is 56.4 Å². The Hall–Kier alpha value is -3.32. The van der Waals surface area contributed by atoms with E-state index in [1.165, 1.54) is 11.3 Å². The summed E-state index contributed by atoms with van der Waals surface area (Å²) >= 11 is 0. The Kier molecular flexibility index (Phi) is 6.36. The molecule has 1 aliphatic heterocycles. The quantitative estimate of drug-likeness (QED) is 0.465. The zero-order chi connectivity index (χ0) is 22.8. The first kappa shape index (κ1) is 22.4. The number of fused-ring (bicyclic) bond motifs is 1. The Morgan fingerprint density at radius 3 is 2.42 bits per heavy atom. The number of rotatable bonds is 5. The molecule has 1 amide bonds. The van der Waals surface area contributed by atoms with Crippen LogP contribution in [0.2, 0.25) is 0 Å². The van der Waals surface area contributed by atoms with Gasteiger partial charge in [-0.2, -0.15) is 5.26 Å². The van der Waals surface area contributed by atoms with Gasteiger partial charge in [0, 0.05) is 23.5 Å². The van der Waals surface area contributed by atoms with Crippen LogP contribution in [0, 0.1) is 25.2 Å². The first-order valence-corrected chi connectivity index (χ1v) is 10.8. The second-order valence-electron chi connectivity index (χ2n) is 8.91. The Morgan fingerprint density at radius 1 is 1.13 bits per heavy atom. The number of hydrogen-bond acceptors (Lipinski definition) is 3. The minimum atomic E-state index is -0.397. The average Bonchev–Trinajstić information content (AvgIpc) is 2.68. The van der Waals surface area contributed by atoms with Crippen molar-refractivity contribution in [3.8, 4) is 6.07 Å². The fourth-order valence-electron chi connectivity index (χ4n) is 4.38. The lowest BCUT2D eigenvalue weighted by Crippen LogP contribution is -2.45. The molecule has 0 saturated carbocycles. The van der Waals surface area contributed by atoms with E-state index in [2.05, 4.69) is 62.2 Å². The van der Waals surface area contributed by atoms with E-state index in [0.29, 0.717) is 5.69 Å². The summed E-state index contributed by atoms with van der Waals surface area (Å²) in [6.45, 7) is 13.7. The van der Waals surface area contributed by atoms with Crippen molar-refractivity contribution in [2.45, 2.75) is 53.5 Å². The van der Waals surface area contributed by atoms with E-state index in [-0.39, 0.29) is 11.1 Å². The van der Waals surface area contributed by atoms with E-state index >= 15 is 0 Å². The highest BCUT2D eigenvalue weighted by Gasteiger charge is 2.30. The maximum absolute atomic E-state index is 12.7. The molecule has 0 atom stereocenters. The van der Waals surface area contributed by atoms with E-state index in [9.17, 15) is 10.1 Å². The van der Waals surface area contributed by atoms with E-state index in [1.807, 2.05) is 38.1 Å². The number of aryl methyl sites for hydroxylation is 2. The molecule has 2 aromatic rings. The molecule has 0 saturated heterocycles. The average molecular weight is 414 g/mol. The summed E-state index contributed by atoms with van der Waals surface area (Å²) in [5.41, 5.74) is 7.26. The molecule has 1 N–H and O–H groups in total. The van der Waals surface area contributed by atoms with Crippen LogP contribution >= 0.6 is 0 Å². The number of allylic oxidation sites excluding steroid dienone is 1. The summed E-state index contributed by atoms with van der Waals surface area (Å²) in [6.07, 6.45) is 5.01. The van der Waals surface area contributed by atoms with Gasteiger partial charge in [-0.15, -0.1) is 0 Å². The topological polar surface area (TPSA) is 56.1 Å². The number of carbonyl (C=O) groups is 1. The normalized spacial score (nSPS) is 15.1. The van der Waals surface area contributed by atoms with E-state index in [0.717, 1.165) is 35.2 Å². The van der Waals surface area contributed by atoms with Gasteiger partial charge in [0.05, 0.1) is 5.54 Å². The number of nitrogens with zero attached hydrogens (tertiary/aromatic N) is 2. The highest BCUT2D eigenvalue weighted by Crippen LogP contribution is 2.39. The summed E-state index contributed by atoms with van der Waals surface area (Å²) in [5.74, 6) is -0.397. The molecule has 0 radical (unpaired) electrons. The third-order valence-electron chi connectivity index (χ3n) is 5.60. The molecule has 3 rings (SSSR count). The Bertz CT molecular complexity index is 1100. The number of carbonyl (C=O) groups excluding carboxylic acids is 1. The molecule has 2 aromatic carbocycles. The third-order valence-corrected chi connectivity index (χ3v) is 5.60. The van der Waals surface area contributed by atoms with Crippen LogP contribution in [0.15, 0.2) is 48.0 Å². The maximum atomic E-state index is 12.7. The number of hydrogen-bond donors (Lipinski definition) is 1. The lowest BCUT2D eigenvalue weighted by molar-refractivity contribution is -0.112. The van der Waals surface area contributed by atoms with Gasteiger partial charge >= 0.3 is 0 Å². The SMILES string of the molecule is CCCN1c2ccc(/C=C(\C#N)C(=O)Nc3cc(C)cc(C)c3)cc2C(C)=CC1(C)C. The molecule has 1 aliphatic rings. The van der Waals surface area contributed by atoms with Crippen LogP contribution in [-0.2, 0) is 4.79 Å². The van der Waals surface area contributed by atoms with Crippen molar-refractivity contribution < 1.29 is 4.79 Å². The van der Waals surface area contributed by atoms with E-state index in [4.69, 9.17) is 0 Å². The van der Waals surface area contributed by atoms with Crippen molar-refractivity contribution in [3.63, 3.8) is 0 Å². The predicted octanol–water partition coefficient (Wildman–Crippen LogP) is 6.26. The van der Waals surface area contributed by atoms with Crippen LogP contribution in [0.5, 0.6) is 0 Å². The largest absolute Gasteiger partial charge is 0.362 e. The summed E-state index contributed by atoms with van der Waals surface area (Å²) < 4.78 is 0. The van der Waals surface area contributed by atoms with Crippen LogP contribution in [0.4, 0.5) is 11.4 Å². The highest BCUT2D eigenvalue weighted by atomic mass is 16.1. The Balaban J connectivity index is 1.93. The fourth-order valence-corrected chi connectivity index (χ4v) is 4.38. The first-order chi connectivity index (χ1) is 14.6. The third kappa shape index (κ3) is 4.88. The Morgan fingerprint density at radius 2 is 1.81 bits per heavy atom. The summed E-state index contributed by atoms with van der Waals surface area (Å²) in [7, 11) is 0. The fraction of sp³-hybridized carbons (Fsp3) is 0.333. The summed E-state index contributed by atoms with van der Waals surface area (Å²) in [5, 5.41) is 12.5. The molecule has 4 heteroatoms. The zero-order valence-electron chi connectivity index (χ0n) is 19.3. The van der Waals surface area contributed by atoms with Crippen LogP contribution in [-0.4, -0.2) is 18.0 Å². The molecule has 1 heterocycles. The monoisotopic (exact) mass is 413 g/mol. The second kappa shape index (κ2) is 8.81. The lowest BCUT2D eigenvalue weighted by atomic mass is 9.87. The van der Waals surface area contributed by atoms with Crippen molar-refractivity contribution in [1.29, 1.82) is 5.26 Å². The second-order valence-corrected chi connectivity index (χ2v) is 8.91. The molecule has 0 aliphatic carbocycles. The van der Waals surface area contributed by atoms with Gasteiger partial charge in [0.15, 0.2) is 0 Å². The van der Waals surface area contributed by atoms with Gasteiger partial charge in [-0.05, 0) is 93.6 Å². The first-order valence-electron chi connectivity index (χ1n) is 10.8. The Labute approximate surface area is 185 Å². The lowest BCUT2D eigenvalue weighted by Gasteiger charge is -2.43. The van der Waals surface area contributed by atoms with Crippen LogP contribution in [0.3, 0.4) is 0 Å². The van der Waals surface area contributed by atoms with Crippen molar-refractivity contribution in [3.05, 3.63) is 70.3 Å². The number of anilines is 2. The molecule has 160 valence electrons. The maximum Gasteiger partial charge on any atom is 0.266 e. The predicted molar refractivity (Wildman–Crippen MR) is 130 cm³/mol. The van der Waals surface area contributed by atoms with Gasteiger partial charge in [0.2, 0.25) is 0 Å². The van der Waals surface area contributed by atoms with Gasteiger partial charge in [0.25, 0.3) is 5.91 Å². The van der Waals surface area contributed by atoms with Gasteiger partial charge in [-0.25, -0.2) is 0 Å². The number of nitrogens with one attached hydrogen (secondary N) is 1. The van der Waals surface area contributed by atoms with Gasteiger partial charge in [-0.3, -0.25) is 4.79 Å². The molecule has 31 heavy (non-hydrogen) atoms. The van der Waals surface area contributed by atoms with Crippen molar-refractivity contribution in [2.24, 2.45) is 0 Å². The molecular weight excluding hydrogens is 382 g/mol. The molecule has 0 bridgehead atoms. The number of amides is 1. The van der Waals surface area contributed by atoms with Gasteiger partial charge in [-0.1, -0.05) is 25.1 Å². The van der Waals surface area contributed by atoms with Crippen molar-refractivity contribution in [2.75, 3.05) is 16.8 Å². The number of benzene rings is 2. The highest BCUT2D eigenvalue weighted by molar-refractivity contribution is 6.09. The standard InChI is InChI=1S/C27H31N3O/c1-7-10-30-25-9-8-21(15-24(25)20(4)16-27(30,5)6)14-22(17-28)26(31)29-23-12-18(2)11-19(3)13-23/h8-9,11-16H,7,10H2,1-6H3,(H,29,31)/b22-14+. The van der Waals surface area contributed by atoms with Gasteiger partial charge in [0.1, 0.15) is 11.6 Å². The van der Waals surface area contributed by atoms with Crippen LogP contribution in [0.25, 0.3) is 11.6 Å². The van der Waals surface area contributed by atoms with E-state index in [1.54, 1.807) is 6.08 Å². The van der Waals surface area contributed by atoms with Crippen molar-refractivity contribution in [1.82, 2.24) is 0 Å². The van der Waals surface area contributed by atoms with Crippen molar-refractivity contribution >= 4 is 28.9 Å². The molecule has 0 spiro atoms. The smallest absolute Gasteiger partial charge is 0.266 e. The van der Waals surface area contributed by atoms with Crippen LogP contribution < -0.4 is 10.2 Å². The minimum Gasteiger partial charge on any atom is -0.362 e.